The summed E-state index contributed by atoms with van der Waals surface area (Å²) in [6.45, 7) is 3.55. The Morgan fingerprint density at radius 3 is 1.78 bits per heavy atom. The van der Waals surface area contributed by atoms with Crippen LogP contribution in [0.2, 0.25) is 0 Å². The summed E-state index contributed by atoms with van der Waals surface area (Å²) in [5.74, 6) is -2.03. The number of pyridine rings is 1. The Morgan fingerprint density at radius 1 is 0.811 bits per heavy atom. The number of alkyl halides is 3. The van der Waals surface area contributed by atoms with Crippen LogP contribution in [0.5, 0.6) is 0 Å². The first kappa shape index (κ1) is 25.9. The molecule has 0 fully saturated rings. The molecule has 0 N–H and O–H groups in total. The van der Waals surface area contributed by atoms with Gasteiger partial charge in [-0.25, -0.2) is 8.78 Å². The predicted octanol–water partition coefficient (Wildman–Crippen LogP) is 7.88. The fourth-order valence-corrected chi connectivity index (χ4v) is 4.08. The highest BCUT2D eigenvalue weighted by Crippen LogP contribution is 2.38. The molecule has 4 rings (SSSR count). The van der Waals surface area contributed by atoms with Crippen LogP contribution in [0, 0.1) is 11.6 Å². The van der Waals surface area contributed by atoms with Crippen molar-refractivity contribution in [3.63, 3.8) is 0 Å². The van der Waals surface area contributed by atoms with Gasteiger partial charge < -0.3 is 0 Å². The number of carbonyl (C=O) groups is 2. The molecule has 3 aromatic carbocycles. The van der Waals surface area contributed by atoms with Gasteiger partial charge in [-0.3, -0.25) is 14.6 Å². The second-order valence-corrected chi connectivity index (χ2v) is 8.70. The van der Waals surface area contributed by atoms with Gasteiger partial charge >= 0.3 is 6.18 Å². The van der Waals surface area contributed by atoms with Crippen LogP contribution < -0.4 is 0 Å². The summed E-state index contributed by atoms with van der Waals surface area (Å²) in [4.78, 5) is 30.9. The molecule has 0 aliphatic carbocycles. The molecule has 188 valence electrons. The van der Waals surface area contributed by atoms with E-state index in [1.807, 2.05) is 0 Å². The molecule has 0 amide bonds. The molecule has 0 unspecified atom stereocenters. The Balaban J connectivity index is 2.05. The average molecular weight is 509 g/mol. The molecule has 0 atom stereocenters. The van der Waals surface area contributed by atoms with Crippen LogP contribution in [0.15, 0.2) is 72.8 Å². The van der Waals surface area contributed by atoms with E-state index >= 15 is 0 Å². The van der Waals surface area contributed by atoms with Crippen LogP contribution >= 0.6 is 0 Å². The number of nitrogens with zero attached hydrogens (tertiary/aromatic N) is 1. The van der Waals surface area contributed by atoms with E-state index in [0.717, 1.165) is 24.3 Å². The third-order valence-electron chi connectivity index (χ3n) is 5.88. The summed E-state index contributed by atoms with van der Waals surface area (Å²) in [5, 5.41) is 0. The number of rotatable bonds is 6. The smallest absolute Gasteiger partial charge is 0.298 e. The number of halogens is 5. The van der Waals surface area contributed by atoms with Crippen molar-refractivity contribution >= 4 is 12.1 Å². The largest absolute Gasteiger partial charge is 0.416 e. The van der Waals surface area contributed by atoms with Crippen molar-refractivity contribution < 1.29 is 31.5 Å². The SMILES string of the molecule is CC(C)c1nc(-c2ccc(F)cc2)c(C=O)c(-c2ccc(F)cc2)c1C(=O)c1ccc(C(F)(F)F)cc1. The summed E-state index contributed by atoms with van der Waals surface area (Å²) >= 11 is 0. The lowest BCUT2D eigenvalue weighted by Crippen LogP contribution is -2.15. The van der Waals surface area contributed by atoms with E-state index in [0.29, 0.717) is 17.4 Å². The second-order valence-electron chi connectivity index (χ2n) is 8.70. The first-order chi connectivity index (χ1) is 17.5. The molecular formula is C29H20F5NO2. The van der Waals surface area contributed by atoms with Crippen molar-refractivity contribution in [3.05, 3.63) is 112 Å². The minimum Gasteiger partial charge on any atom is -0.298 e. The highest BCUT2D eigenvalue weighted by molar-refractivity contribution is 6.16. The normalized spacial score (nSPS) is 11.6. The van der Waals surface area contributed by atoms with E-state index in [1.165, 1.54) is 48.5 Å². The third kappa shape index (κ3) is 5.18. The first-order valence-corrected chi connectivity index (χ1v) is 11.3. The third-order valence-corrected chi connectivity index (χ3v) is 5.88. The Labute approximate surface area is 209 Å². The Kier molecular flexibility index (Phi) is 7.03. The van der Waals surface area contributed by atoms with Gasteiger partial charge in [-0.15, -0.1) is 0 Å². The van der Waals surface area contributed by atoms with Crippen molar-refractivity contribution in [1.29, 1.82) is 0 Å². The molecule has 1 aromatic heterocycles. The summed E-state index contributed by atoms with van der Waals surface area (Å²) in [6.07, 6.45) is -4.06. The maximum atomic E-state index is 13.8. The number of ketones is 1. The van der Waals surface area contributed by atoms with Crippen molar-refractivity contribution in [2.75, 3.05) is 0 Å². The molecule has 0 spiro atoms. The van der Waals surface area contributed by atoms with Crippen LogP contribution in [-0.2, 0) is 6.18 Å². The van der Waals surface area contributed by atoms with Crippen molar-refractivity contribution in [1.82, 2.24) is 4.98 Å². The topological polar surface area (TPSA) is 47.0 Å². The molecular weight excluding hydrogens is 489 g/mol. The number of hydrogen-bond donors (Lipinski definition) is 0. The number of aromatic nitrogens is 1. The quantitative estimate of drug-likeness (QED) is 0.151. The summed E-state index contributed by atoms with van der Waals surface area (Å²) in [6, 6.07) is 14.2. The summed E-state index contributed by atoms with van der Waals surface area (Å²) in [7, 11) is 0. The first-order valence-electron chi connectivity index (χ1n) is 11.3. The minimum absolute atomic E-state index is 0.0119. The van der Waals surface area contributed by atoms with Gasteiger partial charge in [-0.05, 0) is 60.0 Å². The van der Waals surface area contributed by atoms with E-state index in [9.17, 15) is 31.5 Å². The lowest BCUT2D eigenvalue weighted by molar-refractivity contribution is -0.137. The zero-order chi connectivity index (χ0) is 26.9. The summed E-state index contributed by atoms with van der Waals surface area (Å²) < 4.78 is 66.6. The zero-order valence-corrected chi connectivity index (χ0v) is 19.7. The van der Waals surface area contributed by atoms with E-state index in [4.69, 9.17) is 0 Å². The molecule has 0 saturated heterocycles. The zero-order valence-electron chi connectivity index (χ0n) is 19.7. The molecule has 0 radical (unpaired) electrons. The number of hydrogen-bond acceptors (Lipinski definition) is 3. The Bertz CT molecular complexity index is 1460. The average Bonchev–Trinajstić information content (AvgIpc) is 2.87. The Hall–Kier alpha value is -4.20. The second kappa shape index (κ2) is 10.0. The van der Waals surface area contributed by atoms with Gasteiger partial charge in [0.05, 0.1) is 22.5 Å². The molecule has 0 aliphatic rings. The number of aldehydes is 1. The molecule has 0 bridgehead atoms. The van der Waals surface area contributed by atoms with Crippen LogP contribution in [0.25, 0.3) is 22.4 Å². The number of carbonyl (C=O) groups excluding carboxylic acids is 2. The van der Waals surface area contributed by atoms with Crippen LogP contribution in [0.4, 0.5) is 22.0 Å². The highest BCUT2D eigenvalue weighted by Gasteiger charge is 2.31. The Morgan fingerprint density at radius 2 is 1.32 bits per heavy atom. The fourth-order valence-electron chi connectivity index (χ4n) is 4.08. The standard InChI is InChI=1S/C29H20F5NO2/c1-16(2)26-25(28(37)19-3-9-20(10-4-19)29(32,33)34)24(17-5-11-21(30)12-6-17)23(15-36)27(35-26)18-7-13-22(31)14-8-18/h3-16H,1-2H3. The van der Waals surface area contributed by atoms with Crippen molar-refractivity contribution in [2.45, 2.75) is 25.9 Å². The molecule has 4 aromatic rings. The van der Waals surface area contributed by atoms with Gasteiger partial charge in [0.2, 0.25) is 0 Å². The lowest BCUT2D eigenvalue weighted by atomic mass is 9.85. The van der Waals surface area contributed by atoms with Gasteiger partial charge in [0.25, 0.3) is 0 Å². The summed E-state index contributed by atoms with van der Waals surface area (Å²) in [5.41, 5.74) is 0.492. The van der Waals surface area contributed by atoms with Gasteiger partial charge in [0, 0.05) is 22.3 Å². The monoisotopic (exact) mass is 509 g/mol. The molecule has 8 heteroatoms. The van der Waals surface area contributed by atoms with E-state index < -0.39 is 29.2 Å². The van der Waals surface area contributed by atoms with Gasteiger partial charge in [0.1, 0.15) is 11.6 Å². The lowest BCUT2D eigenvalue weighted by Gasteiger charge is -2.21. The predicted molar refractivity (Wildman–Crippen MR) is 129 cm³/mol. The fraction of sp³-hybridized carbons (Fsp3) is 0.138. The molecule has 37 heavy (non-hydrogen) atoms. The van der Waals surface area contributed by atoms with Gasteiger partial charge in [0.15, 0.2) is 12.1 Å². The van der Waals surface area contributed by atoms with Crippen LogP contribution in [0.1, 0.15) is 57.3 Å². The van der Waals surface area contributed by atoms with Crippen molar-refractivity contribution in [2.24, 2.45) is 0 Å². The van der Waals surface area contributed by atoms with E-state index in [2.05, 4.69) is 4.98 Å². The molecule has 3 nitrogen and oxygen atoms in total. The van der Waals surface area contributed by atoms with Gasteiger partial charge in [-0.1, -0.05) is 38.1 Å². The highest BCUT2D eigenvalue weighted by atomic mass is 19.4. The van der Waals surface area contributed by atoms with Gasteiger partial charge in [-0.2, -0.15) is 13.2 Å². The van der Waals surface area contributed by atoms with Crippen LogP contribution in [0.3, 0.4) is 0 Å². The van der Waals surface area contributed by atoms with Crippen molar-refractivity contribution in [3.8, 4) is 22.4 Å². The maximum Gasteiger partial charge on any atom is 0.416 e. The van der Waals surface area contributed by atoms with E-state index in [-0.39, 0.29) is 39.6 Å². The minimum atomic E-state index is -4.58. The maximum absolute atomic E-state index is 13.8. The molecule has 0 saturated carbocycles. The van der Waals surface area contributed by atoms with E-state index in [1.54, 1.807) is 13.8 Å². The van der Waals surface area contributed by atoms with Crippen LogP contribution in [-0.4, -0.2) is 17.1 Å². The molecule has 0 aliphatic heterocycles. The molecule has 1 heterocycles. The number of benzene rings is 3.